The first kappa shape index (κ1) is 19.9. The van der Waals surface area contributed by atoms with Gasteiger partial charge >= 0.3 is 6.09 Å². The number of amides is 2. The van der Waals surface area contributed by atoms with Crippen LogP contribution in [0.3, 0.4) is 0 Å². The summed E-state index contributed by atoms with van der Waals surface area (Å²) in [5.41, 5.74) is -0.753. The molecule has 1 spiro atoms. The molecule has 3 rings (SSSR count). The maximum absolute atomic E-state index is 12.5. The van der Waals surface area contributed by atoms with E-state index < -0.39 is 23.5 Å². The molecule has 2 saturated carbocycles. The lowest BCUT2D eigenvalue weighted by atomic mass is 9.92. The molecule has 2 N–H and O–H groups in total. The van der Waals surface area contributed by atoms with E-state index in [-0.39, 0.29) is 17.9 Å². The first-order chi connectivity index (χ1) is 12.9. The molecule has 2 amide bonds. The van der Waals surface area contributed by atoms with Gasteiger partial charge in [-0.1, -0.05) is 13.8 Å². The molecular weight excluding hydrogens is 350 g/mol. The van der Waals surface area contributed by atoms with Crippen molar-refractivity contribution in [2.45, 2.75) is 82.3 Å². The molecule has 1 aliphatic heterocycles. The average Bonchev–Trinajstić information content (AvgIpc) is 3.25. The zero-order valence-electron chi connectivity index (χ0n) is 16.1. The number of nitriles is 1. The highest BCUT2D eigenvalue weighted by Gasteiger charge is 2.46. The van der Waals surface area contributed by atoms with Crippen molar-refractivity contribution in [1.29, 1.82) is 5.26 Å². The van der Waals surface area contributed by atoms with Crippen molar-refractivity contribution < 1.29 is 23.8 Å². The highest BCUT2D eigenvalue weighted by atomic mass is 16.7. The number of hydrogen-bond acceptors (Lipinski definition) is 6. The lowest BCUT2D eigenvalue weighted by Gasteiger charge is -2.35. The molecule has 150 valence electrons. The van der Waals surface area contributed by atoms with Crippen LogP contribution in [0.2, 0.25) is 0 Å². The third kappa shape index (κ3) is 5.11. The van der Waals surface area contributed by atoms with Crippen LogP contribution in [0.4, 0.5) is 4.79 Å². The summed E-state index contributed by atoms with van der Waals surface area (Å²) in [7, 11) is 0. The molecule has 1 saturated heterocycles. The fourth-order valence-corrected chi connectivity index (χ4v) is 3.68. The van der Waals surface area contributed by atoms with Gasteiger partial charge in [-0.2, -0.15) is 5.26 Å². The third-order valence-corrected chi connectivity index (χ3v) is 5.42. The van der Waals surface area contributed by atoms with Crippen molar-refractivity contribution in [2.24, 2.45) is 5.92 Å². The molecule has 8 heteroatoms. The largest absolute Gasteiger partial charge is 0.446 e. The molecule has 27 heavy (non-hydrogen) atoms. The van der Waals surface area contributed by atoms with Gasteiger partial charge in [0.1, 0.15) is 17.7 Å². The Bertz CT molecular complexity index is 595. The summed E-state index contributed by atoms with van der Waals surface area (Å²) in [6.45, 7) is 5.18. The van der Waals surface area contributed by atoms with Gasteiger partial charge in [0.05, 0.1) is 19.3 Å². The van der Waals surface area contributed by atoms with Crippen LogP contribution in [0.5, 0.6) is 0 Å². The van der Waals surface area contributed by atoms with Crippen molar-refractivity contribution in [2.75, 3.05) is 13.2 Å². The second-order valence-electron chi connectivity index (χ2n) is 8.22. The second kappa shape index (κ2) is 8.03. The summed E-state index contributed by atoms with van der Waals surface area (Å²) in [4.78, 5) is 24.9. The SMILES string of the molecule is CC(C)C[C@H](NC(=O)OC1CCC2(CC1)OCCO2)C(=O)NC1(C#N)CC1. The van der Waals surface area contributed by atoms with Gasteiger partial charge in [-0.3, -0.25) is 4.79 Å². The molecule has 0 aromatic heterocycles. The lowest BCUT2D eigenvalue weighted by Crippen LogP contribution is -2.51. The van der Waals surface area contributed by atoms with E-state index in [0.29, 0.717) is 58.2 Å². The molecular formula is C19H29N3O5. The normalized spacial score (nSPS) is 24.2. The number of carbonyl (C=O) groups excluding carboxylic acids is 2. The number of carbonyl (C=O) groups is 2. The molecule has 0 bridgehead atoms. The van der Waals surface area contributed by atoms with E-state index in [1.54, 1.807) is 0 Å². The number of nitrogens with zero attached hydrogens (tertiary/aromatic N) is 1. The summed E-state index contributed by atoms with van der Waals surface area (Å²) in [5, 5.41) is 14.6. The van der Waals surface area contributed by atoms with Gasteiger partial charge < -0.3 is 24.8 Å². The van der Waals surface area contributed by atoms with Gasteiger partial charge in [0, 0.05) is 12.8 Å². The Morgan fingerprint density at radius 3 is 2.33 bits per heavy atom. The van der Waals surface area contributed by atoms with Crippen LogP contribution in [0, 0.1) is 17.2 Å². The van der Waals surface area contributed by atoms with Crippen molar-refractivity contribution in [3.8, 4) is 6.07 Å². The lowest BCUT2D eigenvalue weighted by molar-refractivity contribution is -0.187. The molecule has 0 aromatic carbocycles. The van der Waals surface area contributed by atoms with Crippen LogP contribution < -0.4 is 10.6 Å². The fourth-order valence-electron chi connectivity index (χ4n) is 3.68. The van der Waals surface area contributed by atoms with Crippen molar-refractivity contribution in [1.82, 2.24) is 10.6 Å². The topological polar surface area (TPSA) is 110 Å². The first-order valence-electron chi connectivity index (χ1n) is 9.84. The zero-order valence-corrected chi connectivity index (χ0v) is 16.1. The maximum Gasteiger partial charge on any atom is 0.408 e. The summed E-state index contributed by atoms with van der Waals surface area (Å²) in [5.74, 6) is -0.605. The van der Waals surface area contributed by atoms with E-state index >= 15 is 0 Å². The molecule has 0 aromatic rings. The Labute approximate surface area is 159 Å². The molecule has 0 radical (unpaired) electrons. The Balaban J connectivity index is 1.49. The molecule has 8 nitrogen and oxygen atoms in total. The van der Waals surface area contributed by atoms with Crippen LogP contribution >= 0.6 is 0 Å². The molecule has 0 unspecified atom stereocenters. The van der Waals surface area contributed by atoms with Crippen molar-refractivity contribution >= 4 is 12.0 Å². The molecule has 3 aliphatic rings. The Kier molecular flexibility index (Phi) is 5.92. The van der Waals surface area contributed by atoms with Gasteiger partial charge in [0.2, 0.25) is 5.91 Å². The summed E-state index contributed by atoms with van der Waals surface area (Å²) in [6.07, 6.45) is 3.74. The van der Waals surface area contributed by atoms with Crippen LogP contribution in [-0.2, 0) is 19.0 Å². The first-order valence-corrected chi connectivity index (χ1v) is 9.84. The monoisotopic (exact) mass is 379 g/mol. The smallest absolute Gasteiger partial charge is 0.408 e. The van der Waals surface area contributed by atoms with Crippen LogP contribution in [0.15, 0.2) is 0 Å². The van der Waals surface area contributed by atoms with Gasteiger partial charge in [-0.15, -0.1) is 0 Å². The van der Waals surface area contributed by atoms with Crippen LogP contribution in [0.25, 0.3) is 0 Å². The number of ether oxygens (including phenoxy) is 3. The Morgan fingerprint density at radius 2 is 1.81 bits per heavy atom. The van der Waals surface area contributed by atoms with Gasteiger partial charge in [-0.25, -0.2) is 4.79 Å². The van der Waals surface area contributed by atoms with Gasteiger partial charge in [-0.05, 0) is 38.0 Å². The Morgan fingerprint density at radius 1 is 1.19 bits per heavy atom. The van der Waals surface area contributed by atoms with Gasteiger partial charge in [0.25, 0.3) is 0 Å². The minimum atomic E-state index is -0.753. The molecule has 1 atom stereocenters. The predicted molar refractivity (Wildman–Crippen MR) is 95.5 cm³/mol. The minimum absolute atomic E-state index is 0.208. The standard InChI is InChI=1S/C19H29N3O5/c1-13(2)11-15(16(23)22-18(12-20)7-8-18)21-17(24)27-14-3-5-19(6-4-14)25-9-10-26-19/h13-15H,3-11H2,1-2H3,(H,21,24)(H,22,23)/t15-/m0/s1. The zero-order chi connectivity index (χ0) is 19.5. The third-order valence-electron chi connectivity index (χ3n) is 5.42. The fraction of sp³-hybridized carbons (Fsp3) is 0.842. The van der Waals surface area contributed by atoms with E-state index in [4.69, 9.17) is 19.5 Å². The highest BCUT2D eigenvalue weighted by Crippen LogP contribution is 2.37. The van der Waals surface area contributed by atoms with Crippen LogP contribution in [-0.4, -0.2) is 48.7 Å². The van der Waals surface area contributed by atoms with Crippen molar-refractivity contribution in [3.63, 3.8) is 0 Å². The van der Waals surface area contributed by atoms with Crippen LogP contribution in [0.1, 0.15) is 58.8 Å². The molecule has 2 aliphatic carbocycles. The van der Waals surface area contributed by atoms with Crippen molar-refractivity contribution in [3.05, 3.63) is 0 Å². The number of rotatable bonds is 6. The highest BCUT2D eigenvalue weighted by molar-refractivity contribution is 5.86. The summed E-state index contributed by atoms with van der Waals surface area (Å²) >= 11 is 0. The molecule has 3 fully saturated rings. The van der Waals surface area contributed by atoms with E-state index in [9.17, 15) is 9.59 Å². The average molecular weight is 379 g/mol. The van der Waals surface area contributed by atoms with E-state index in [2.05, 4.69) is 16.7 Å². The molecule has 1 heterocycles. The number of alkyl carbamates (subject to hydrolysis) is 1. The van der Waals surface area contributed by atoms with Gasteiger partial charge in [0.15, 0.2) is 5.79 Å². The van der Waals surface area contributed by atoms with E-state index in [0.717, 1.165) is 0 Å². The summed E-state index contributed by atoms with van der Waals surface area (Å²) in [6, 6.07) is 1.43. The Hall–Kier alpha value is -1.85. The van der Waals surface area contributed by atoms with E-state index in [1.165, 1.54) is 0 Å². The second-order valence-corrected chi connectivity index (χ2v) is 8.22. The quantitative estimate of drug-likeness (QED) is 0.730. The van der Waals surface area contributed by atoms with E-state index in [1.807, 2.05) is 13.8 Å². The number of nitrogens with one attached hydrogen (secondary N) is 2. The summed E-state index contributed by atoms with van der Waals surface area (Å²) < 4.78 is 16.9. The minimum Gasteiger partial charge on any atom is -0.446 e. The maximum atomic E-state index is 12.5. The number of hydrogen-bond donors (Lipinski definition) is 2. The predicted octanol–water partition coefficient (Wildman–Crippen LogP) is 1.99.